The van der Waals surface area contributed by atoms with Gasteiger partial charge < -0.3 is 9.80 Å². The van der Waals surface area contributed by atoms with Crippen molar-refractivity contribution in [2.75, 3.05) is 9.80 Å². The number of aryl methyl sites for hydroxylation is 5. The highest BCUT2D eigenvalue weighted by molar-refractivity contribution is 5.78. The Morgan fingerprint density at radius 1 is 0.362 bits per heavy atom. The largest absolute Gasteiger partial charge is 0.311 e. The fourth-order valence-corrected chi connectivity index (χ4v) is 9.86. The monoisotopic (exact) mass is 756 g/mol. The summed E-state index contributed by atoms with van der Waals surface area (Å²) in [6.07, 6.45) is 8.60. The predicted molar refractivity (Wildman–Crippen MR) is 246 cm³/mol. The van der Waals surface area contributed by atoms with Crippen molar-refractivity contribution in [3.63, 3.8) is 0 Å². The summed E-state index contributed by atoms with van der Waals surface area (Å²) in [7, 11) is 0. The highest BCUT2D eigenvalue weighted by atomic mass is 15.1. The van der Waals surface area contributed by atoms with Crippen LogP contribution >= 0.6 is 0 Å². The summed E-state index contributed by atoms with van der Waals surface area (Å²) in [6.45, 7) is 8.63. The molecule has 1 saturated carbocycles. The maximum absolute atomic E-state index is 2.46. The van der Waals surface area contributed by atoms with Crippen molar-refractivity contribution >= 4 is 34.1 Å². The van der Waals surface area contributed by atoms with Crippen LogP contribution in [0, 0.1) is 27.7 Å². The van der Waals surface area contributed by atoms with E-state index in [0.29, 0.717) is 17.8 Å². The van der Waals surface area contributed by atoms with Crippen LogP contribution < -0.4 is 9.80 Å². The van der Waals surface area contributed by atoms with Gasteiger partial charge in [-0.15, -0.1) is 0 Å². The van der Waals surface area contributed by atoms with Gasteiger partial charge in [-0.05, 0) is 191 Å². The van der Waals surface area contributed by atoms with Gasteiger partial charge in [0, 0.05) is 34.1 Å². The predicted octanol–water partition coefficient (Wildman–Crippen LogP) is 15.6. The first kappa shape index (κ1) is 37.7. The number of hydrogen-bond donors (Lipinski definition) is 0. The molecule has 2 aliphatic rings. The fraction of sp³-hybridized carbons (Fsp3) is 0.250. The Bertz CT molecular complexity index is 2200. The summed E-state index contributed by atoms with van der Waals surface area (Å²) in [4.78, 5) is 4.79. The number of fused-ring (bicyclic) bond motifs is 1. The maximum Gasteiger partial charge on any atom is 0.0461 e. The molecule has 0 aliphatic heterocycles. The van der Waals surface area contributed by atoms with Gasteiger partial charge in [-0.1, -0.05) is 113 Å². The van der Waals surface area contributed by atoms with E-state index in [-0.39, 0.29) is 0 Å². The van der Waals surface area contributed by atoms with Crippen molar-refractivity contribution in [2.45, 2.75) is 90.4 Å². The Hall–Kier alpha value is -5.86. The average molecular weight is 757 g/mol. The summed E-state index contributed by atoms with van der Waals surface area (Å²) in [6, 6.07) is 62.0. The highest BCUT2D eigenvalue weighted by Gasteiger charge is 2.32. The lowest BCUT2D eigenvalue weighted by Crippen LogP contribution is -2.13. The average Bonchev–Trinajstić information content (AvgIpc) is 3.64. The molecule has 0 radical (unpaired) electrons. The molecule has 0 spiro atoms. The van der Waals surface area contributed by atoms with Gasteiger partial charge in [-0.3, -0.25) is 0 Å². The maximum atomic E-state index is 2.46. The van der Waals surface area contributed by atoms with Gasteiger partial charge >= 0.3 is 0 Å². The van der Waals surface area contributed by atoms with Crippen LogP contribution in [-0.2, 0) is 12.8 Å². The van der Waals surface area contributed by atoms with Gasteiger partial charge in [0.15, 0.2) is 0 Å². The molecule has 1 fully saturated rings. The second-order valence-electron chi connectivity index (χ2n) is 17.1. The van der Waals surface area contributed by atoms with E-state index in [1.165, 1.54) is 112 Å². The smallest absolute Gasteiger partial charge is 0.0461 e. The van der Waals surface area contributed by atoms with Crippen LogP contribution in [0.3, 0.4) is 0 Å². The first-order valence-corrected chi connectivity index (χ1v) is 21.6. The quantitative estimate of drug-likeness (QED) is 0.135. The molecule has 58 heavy (non-hydrogen) atoms. The van der Waals surface area contributed by atoms with Crippen LogP contribution in [0.1, 0.15) is 99.9 Å². The zero-order chi connectivity index (χ0) is 39.6. The van der Waals surface area contributed by atoms with E-state index in [2.05, 4.69) is 201 Å². The van der Waals surface area contributed by atoms with Crippen LogP contribution in [0.5, 0.6) is 0 Å². The highest BCUT2D eigenvalue weighted by Crippen LogP contribution is 2.49. The molecule has 7 aromatic carbocycles. The molecule has 0 amide bonds. The van der Waals surface area contributed by atoms with Crippen LogP contribution in [0.2, 0.25) is 0 Å². The van der Waals surface area contributed by atoms with Crippen molar-refractivity contribution in [3.8, 4) is 0 Å². The zero-order valence-electron chi connectivity index (χ0n) is 34.7. The summed E-state index contributed by atoms with van der Waals surface area (Å²) in [5.74, 6) is 1.47. The van der Waals surface area contributed by atoms with Crippen molar-refractivity contribution in [1.29, 1.82) is 0 Å². The molecular weight excluding hydrogens is 701 g/mol. The molecule has 2 unspecified atom stereocenters. The van der Waals surface area contributed by atoms with Crippen LogP contribution in [-0.4, -0.2) is 0 Å². The first-order valence-electron chi connectivity index (χ1n) is 21.6. The van der Waals surface area contributed by atoms with E-state index in [9.17, 15) is 0 Å². The molecule has 0 bridgehead atoms. The molecule has 2 nitrogen and oxygen atoms in total. The van der Waals surface area contributed by atoms with E-state index >= 15 is 0 Å². The molecule has 0 heterocycles. The van der Waals surface area contributed by atoms with Crippen LogP contribution in [0.25, 0.3) is 0 Å². The molecule has 2 atom stereocenters. The number of rotatable bonds is 9. The summed E-state index contributed by atoms with van der Waals surface area (Å²) >= 11 is 0. The molecule has 0 aromatic heterocycles. The molecule has 7 aromatic rings. The third kappa shape index (κ3) is 7.86. The van der Waals surface area contributed by atoms with E-state index in [1.807, 2.05) is 0 Å². The van der Waals surface area contributed by atoms with Gasteiger partial charge in [0.05, 0.1) is 0 Å². The summed E-state index contributed by atoms with van der Waals surface area (Å²) in [5, 5.41) is 0. The molecule has 0 saturated heterocycles. The Labute approximate surface area is 346 Å². The van der Waals surface area contributed by atoms with Crippen molar-refractivity contribution < 1.29 is 0 Å². The standard InChI is InChI=1S/C56H56N2/c1-39-11-25-47(26-12-39)57(48-27-13-40(2)14-28-48)51-33-19-44(20-34-51)55-37-23-46(54-10-6-8-43-7-5-9-53(43)54)24-38-56(55)45-21-35-52(36-22-45)58(49-29-15-41(3)16-30-49)50-31-17-42(4)18-32-50/h6,8,10-22,25-36,46,55-56H,5,7,9,23-24,37-38H2,1-4H3. The SMILES string of the molecule is Cc1ccc(N(c2ccc(C)cc2)c2ccc(C3CCC(c4cccc5c4CCC5)CCC3c3ccc(N(c4ccc(C)cc4)c4ccc(C)cc4)cc3)cc2)cc1. The topological polar surface area (TPSA) is 6.48 Å². The lowest BCUT2D eigenvalue weighted by Gasteiger charge is -2.29. The van der Waals surface area contributed by atoms with Gasteiger partial charge in [0.25, 0.3) is 0 Å². The van der Waals surface area contributed by atoms with Crippen LogP contribution in [0.15, 0.2) is 164 Å². The van der Waals surface area contributed by atoms with E-state index in [0.717, 1.165) is 0 Å². The minimum atomic E-state index is 0.430. The number of hydrogen-bond acceptors (Lipinski definition) is 2. The van der Waals surface area contributed by atoms with Crippen molar-refractivity contribution in [2.24, 2.45) is 0 Å². The number of anilines is 6. The Morgan fingerprint density at radius 3 is 1.07 bits per heavy atom. The number of benzene rings is 7. The van der Waals surface area contributed by atoms with E-state index < -0.39 is 0 Å². The molecule has 0 N–H and O–H groups in total. The van der Waals surface area contributed by atoms with Gasteiger partial charge in [0.2, 0.25) is 0 Å². The third-order valence-electron chi connectivity index (χ3n) is 13.1. The Morgan fingerprint density at radius 2 is 0.707 bits per heavy atom. The van der Waals surface area contributed by atoms with Crippen molar-refractivity contribution in [1.82, 2.24) is 0 Å². The normalized spacial score (nSPS) is 17.7. The molecule has 290 valence electrons. The van der Waals surface area contributed by atoms with Crippen molar-refractivity contribution in [3.05, 3.63) is 214 Å². The zero-order valence-corrected chi connectivity index (χ0v) is 34.7. The lowest BCUT2D eigenvalue weighted by atomic mass is 9.78. The lowest BCUT2D eigenvalue weighted by molar-refractivity contribution is 0.510. The third-order valence-corrected chi connectivity index (χ3v) is 13.1. The fourth-order valence-electron chi connectivity index (χ4n) is 9.86. The van der Waals surface area contributed by atoms with Gasteiger partial charge in [0.1, 0.15) is 0 Å². The molecule has 2 aliphatic carbocycles. The summed E-state index contributed by atoms with van der Waals surface area (Å²) < 4.78 is 0. The van der Waals surface area contributed by atoms with E-state index in [1.54, 1.807) is 16.7 Å². The number of nitrogens with zero attached hydrogens (tertiary/aromatic N) is 2. The van der Waals surface area contributed by atoms with E-state index in [4.69, 9.17) is 0 Å². The minimum absolute atomic E-state index is 0.430. The molecule has 9 rings (SSSR count). The van der Waals surface area contributed by atoms with Crippen LogP contribution in [0.4, 0.5) is 34.1 Å². The minimum Gasteiger partial charge on any atom is -0.311 e. The Kier molecular flexibility index (Phi) is 10.8. The molecule has 2 heteroatoms. The van der Waals surface area contributed by atoms with Gasteiger partial charge in [-0.2, -0.15) is 0 Å². The molecular formula is C56H56N2. The second kappa shape index (κ2) is 16.5. The van der Waals surface area contributed by atoms with Gasteiger partial charge in [-0.25, -0.2) is 0 Å². The second-order valence-corrected chi connectivity index (χ2v) is 17.1. The summed E-state index contributed by atoms with van der Waals surface area (Å²) in [5.41, 5.74) is 20.0. The first-order chi connectivity index (χ1) is 28.4. The Balaban J connectivity index is 1.07.